The smallest absolute Gasteiger partial charge is 0.290 e. The molecule has 0 spiro atoms. The Morgan fingerprint density at radius 3 is 2.92 bits per heavy atom. The molecule has 3 aromatic rings. The number of fused-ring (bicyclic) bond motifs is 3. The summed E-state index contributed by atoms with van der Waals surface area (Å²) in [6.07, 6.45) is 2.04. The highest BCUT2D eigenvalue weighted by Gasteiger charge is 2.32. The summed E-state index contributed by atoms with van der Waals surface area (Å²) in [6, 6.07) is 5.47. The molecule has 1 aromatic carbocycles. The summed E-state index contributed by atoms with van der Waals surface area (Å²) in [5.41, 5.74) is 3.17. The highest BCUT2D eigenvalue weighted by atomic mass is 35.5. The quantitative estimate of drug-likeness (QED) is 0.679. The summed E-state index contributed by atoms with van der Waals surface area (Å²) in [4.78, 5) is 24.6. The average Bonchev–Trinajstić information content (AvgIpc) is 3.23. The molecule has 0 bridgehead atoms. The van der Waals surface area contributed by atoms with Gasteiger partial charge in [-0.3, -0.25) is 4.79 Å². The fraction of sp³-hybridized carbons (Fsp3) is 0.235. The largest absolute Gasteiger partial charge is 0.357 e. The number of nitrogens with one attached hydrogen (secondary N) is 2. The molecule has 1 aliphatic rings. The second-order valence-corrected chi connectivity index (χ2v) is 6.77. The molecule has 8 heteroatoms. The number of rotatable bonds is 1. The monoisotopic (exact) mass is 373 g/mol. The van der Waals surface area contributed by atoms with Crippen molar-refractivity contribution in [3.8, 4) is 6.07 Å². The second kappa shape index (κ2) is 5.80. The summed E-state index contributed by atoms with van der Waals surface area (Å²) in [6.45, 7) is 2.52. The molecule has 0 saturated heterocycles. The summed E-state index contributed by atoms with van der Waals surface area (Å²) in [5, 5.41) is 10.8. The number of hydrogen-bond acceptors (Lipinski definition) is 3. The van der Waals surface area contributed by atoms with Gasteiger partial charge in [0.15, 0.2) is 5.82 Å². The molecule has 0 saturated carbocycles. The van der Waals surface area contributed by atoms with Crippen molar-refractivity contribution in [2.75, 3.05) is 6.54 Å². The minimum Gasteiger partial charge on any atom is -0.357 e. The van der Waals surface area contributed by atoms with Crippen LogP contribution in [0, 0.1) is 11.3 Å². The van der Waals surface area contributed by atoms with Gasteiger partial charge in [0.1, 0.15) is 11.8 Å². The lowest BCUT2D eigenvalue weighted by molar-refractivity contribution is 0.0667. The van der Waals surface area contributed by atoms with Crippen molar-refractivity contribution in [3.05, 3.63) is 51.2 Å². The first-order valence-electron chi connectivity index (χ1n) is 7.75. The number of H-pyrrole nitrogens is 2. The topological polar surface area (TPSA) is 88.6 Å². The standard InChI is InChI=1S/C17H13Cl2N5O/c1-8-13-10-2-3-11(18)14(19)15(10)23-12(13)4-5-24(8)17(25)16-21-7-9(6-20)22-16/h2-3,7-8,23H,4-5H2,1H3,(H,21,22)/t8-/m1/s1. The predicted molar refractivity (Wildman–Crippen MR) is 94.8 cm³/mol. The Kier molecular flexibility index (Phi) is 3.71. The van der Waals surface area contributed by atoms with E-state index in [2.05, 4.69) is 15.0 Å². The van der Waals surface area contributed by atoms with E-state index in [1.54, 1.807) is 11.0 Å². The van der Waals surface area contributed by atoms with Crippen LogP contribution in [0.2, 0.25) is 10.0 Å². The first-order valence-corrected chi connectivity index (χ1v) is 8.51. The Bertz CT molecular complexity index is 1050. The van der Waals surface area contributed by atoms with Gasteiger partial charge in [-0.15, -0.1) is 0 Å². The Morgan fingerprint density at radius 1 is 1.40 bits per heavy atom. The lowest BCUT2D eigenvalue weighted by Gasteiger charge is -2.33. The number of carbonyl (C=O) groups excluding carboxylic acids is 1. The molecule has 6 nitrogen and oxygen atoms in total. The van der Waals surface area contributed by atoms with Gasteiger partial charge < -0.3 is 14.9 Å². The van der Waals surface area contributed by atoms with Crippen molar-refractivity contribution in [3.63, 3.8) is 0 Å². The lowest BCUT2D eigenvalue weighted by Crippen LogP contribution is -2.39. The van der Waals surface area contributed by atoms with Crippen LogP contribution in [0.4, 0.5) is 0 Å². The van der Waals surface area contributed by atoms with Gasteiger partial charge in [0.2, 0.25) is 0 Å². The van der Waals surface area contributed by atoms with Gasteiger partial charge in [-0.05, 0) is 13.0 Å². The zero-order valence-corrected chi connectivity index (χ0v) is 14.7. The fourth-order valence-corrected chi connectivity index (χ4v) is 3.80. The third kappa shape index (κ3) is 2.39. The predicted octanol–water partition coefficient (Wildman–Crippen LogP) is 3.83. The first-order chi connectivity index (χ1) is 12.0. The van der Waals surface area contributed by atoms with Gasteiger partial charge >= 0.3 is 0 Å². The van der Waals surface area contributed by atoms with Crippen LogP contribution >= 0.6 is 23.2 Å². The van der Waals surface area contributed by atoms with Crippen LogP contribution in [0.3, 0.4) is 0 Å². The molecule has 0 aliphatic carbocycles. The minimum atomic E-state index is -0.228. The van der Waals surface area contributed by atoms with Crippen LogP contribution in [-0.4, -0.2) is 32.3 Å². The number of nitrogens with zero attached hydrogens (tertiary/aromatic N) is 3. The van der Waals surface area contributed by atoms with E-state index in [4.69, 9.17) is 28.5 Å². The Hall–Kier alpha value is -2.49. The van der Waals surface area contributed by atoms with Crippen molar-refractivity contribution in [2.24, 2.45) is 0 Å². The molecule has 0 fully saturated rings. The summed E-state index contributed by atoms with van der Waals surface area (Å²) in [5.74, 6) is -0.0539. The Balaban J connectivity index is 1.76. The SMILES string of the molecule is C[C@@H]1c2c([nH]c3c(Cl)c(Cl)ccc23)CCN1C(=O)c1ncc(C#N)[nH]1. The van der Waals surface area contributed by atoms with Crippen LogP contribution in [-0.2, 0) is 6.42 Å². The van der Waals surface area contributed by atoms with Crippen molar-refractivity contribution in [2.45, 2.75) is 19.4 Å². The van der Waals surface area contributed by atoms with E-state index in [1.165, 1.54) is 6.20 Å². The highest BCUT2D eigenvalue weighted by Crippen LogP contribution is 2.40. The fourth-order valence-electron chi connectivity index (χ4n) is 3.43. The van der Waals surface area contributed by atoms with Crippen molar-refractivity contribution < 1.29 is 4.79 Å². The third-order valence-electron chi connectivity index (χ3n) is 4.63. The lowest BCUT2D eigenvalue weighted by atomic mass is 9.97. The molecule has 126 valence electrons. The van der Waals surface area contributed by atoms with Crippen molar-refractivity contribution in [1.29, 1.82) is 5.26 Å². The molecule has 0 radical (unpaired) electrons. The first kappa shape index (κ1) is 16.0. The Morgan fingerprint density at radius 2 is 2.20 bits per heavy atom. The maximum absolute atomic E-state index is 12.8. The normalized spacial score (nSPS) is 16.7. The van der Waals surface area contributed by atoms with E-state index >= 15 is 0 Å². The minimum absolute atomic E-state index is 0.155. The van der Waals surface area contributed by atoms with Gasteiger partial charge in [-0.25, -0.2) is 4.98 Å². The van der Waals surface area contributed by atoms with E-state index in [0.29, 0.717) is 23.0 Å². The van der Waals surface area contributed by atoms with Crippen LogP contribution in [0.25, 0.3) is 10.9 Å². The van der Waals surface area contributed by atoms with Crippen molar-refractivity contribution >= 4 is 40.0 Å². The molecule has 1 aliphatic heterocycles. The van der Waals surface area contributed by atoms with Crippen LogP contribution in [0.5, 0.6) is 0 Å². The van der Waals surface area contributed by atoms with Crippen molar-refractivity contribution in [1.82, 2.24) is 19.9 Å². The highest BCUT2D eigenvalue weighted by molar-refractivity contribution is 6.45. The van der Waals surface area contributed by atoms with E-state index in [-0.39, 0.29) is 23.5 Å². The summed E-state index contributed by atoms with van der Waals surface area (Å²) >= 11 is 12.4. The number of imidazole rings is 1. The maximum Gasteiger partial charge on any atom is 0.290 e. The number of carbonyl (C=O) groups is 1. The average molecular weight is 374 g/mol. The summed E-state index contributed by atoms with van der Waals surface area (Å²) in [7, 11) is 0. The second-order valence-electron chi connectivity index (χ2n) is 5.98. The van der Waals surface area contributed by atoms with Crippen LogP contribution in [0.15, 0.2) is 18.3 Å². The molecule has 2 N–H and O–H groups in total. The van der Waals surface area contributed by atoms with E-state index < -0.39 is 0 Å². The molecular weight excluding hydrogens is 361 g/mol. The molecule has 25 heavy (non-hydrogen) atoms. The molecule has 1 amide bonds. The van der Waals surface area contributed by atoms with Gasteiger partial charge in [-0.1, -0.05) is 29.3 Å². The number of amides is 1. The molecule has 4 rings (SSSR count). The van der Waals surface area contributed by atoms with E-state index in [9.17, 15) is 4.79 Å². The van der Waals surface area contributed by atoms with E-state index in [0.717, 1.165) is 22.2 Å². The third-order valence-corrected chi connectivity index (χ3v) is 5.44. The van der Waals surface area contributed by atoms with Crippen LogP contribution in [0.1, 0.15) is 40.5 Å². The number of aromatic nitrogens is 3. The molecule has 0 unspecified atom stereocenters. The molecule has 3 heterocycles. The summed E-state index contributed by atoms with van der Waals surface area (Å²) < 4.78 is 0. The maximum atomic E-state index is 12.8. The molecular formula is C17H13Cl2N5O. The van der Waals surface area contributed by atoms with Gasteiger partial charge in [-0.2, -0.15) is 5.26 Å². The van der Waals surface area contributed by atoms with E-state index in [1.807, 2.05) is 19.1 Å². The van der Waals surface area contributed by atoms with Gasteiger partial charge in [0, 0.05) is 29.6 Å². The Labute approximate surface area is 153 Å². The number of hydrogen-bond donors (Lipinski definition) is 2. The van der Waals surface area contributed by atoms with Gasteiger partial charge in [0.05, 0.1) is 27.8 Å². The molecule has 2 aromatic heterocycles. The number of halogens is 2. The van der Waals surface area contributed by atoms with Gasteiger partial charge in [0.25, 0.3) is 5.91 Å². The zero-order chi connectivity index (χ0) is 17.7. The zero-order valence-electron chi connectivity index (χ0n) is 13.2. The van der Waals surface area contributed by atoms with Crippen LogP contribution < -0.4 is 0 Å². The number of aromatic amines is 2. The number of nitriles is 1. The molecule has 1 atom stereocenters. The number of benzene rings is 1.